The lowest BCUT2D eigenvalue weighted by atomic mass is 9.78. The van der Waals surface area contributed by atoms with Gasteiger partial charge in [-0.3, -0.25) is 0 Å². The molecule has 0 aliphatic carbocycles. The zero-order chi connectivity index (χ0) is 47.0. The van der Waals surface area contributed by atoms with Crippen LogP contribution < -0.4 is 4.90 Å². The number of furan rings is 1. The van der Waals surface area contributed by atoms with Crippen LogP contribution in [0, 0.1) is 0 Å². The van der Waals surface area contributed by atoms with Gasteiger partial charge in [-0.15, -0.1) is 0 Å². The van der Waals surface area contributed by atoms with E-state index in [0.29, 0.717) is 0 Å². The summed E-state index contributed by atoms with van der Waals surface area (Å²) >= 11 is 0. The summed E-state index contributed by atoms with van der Waals surface area (Å²) in [5.41, 5.74) is 17.9. The van der Waals surface area contributed by atoms with Crippen LogP contribution in [0.25, 0.3) is 93.6 Å². The summed E-state index contributed by atoms with van der Waals surface area (Å²) in [4.78, 5) is 2.48. The molecule has 12 aromatic rings. The number of para-hydroxylation sites is 6. The maximum Gasteiger partial charge on any atom is 0.143 e. The van der Waals surface area contributed by atoms with E-state index in [9.17, 15) is 0 Å². The van der Waals surface area contributed by atoms with Crippen LogP contribution in [0.1, 0.15) is 52.7 Å². The van der Waals surface area contributed by atoms with Crippen molar-refractivity contribution in [3.63, 3.8) is 0 Å². The molecule has 2 aromatic heterocycles. The first-order chi connectivity index (χ1) is 33.5. The second-order valence-corrected chi connectivity index (χ2v) is 20.5. The van der Waals surface area contributed by atoms with Gasteiger partial charge < -0.3 is 13.9 Å². The number of nitrogens with zero attached hydrogens (tertiary/aromatic N) is 2. The average Bonchev–Trinajstić information content (AvgIpc) is 3.92. The predicted octanol–water partition coefficient (Wildman–Crippen LogP) is 18.9. The molecule has 0 saturated heterocycles. The Morgan fingerprint density at radius 3 is 1.64 bits per heavy atom. The first-order valence-electron chi connectivity index (χ1n) is 24.2. The van der Waals surface area contributed by atoms with Crippen molar-refractivity contribution in [2.75, 3.05) is 4.90 Å². The smallest absolute Gasteiger partial charge is 0.143 e. The highest BCUT2D eigenvalue weighted by Gasteiger charge is 2.26. The zero-order valence-corrected chi connectivity index (χ0v) is 40.1. The highest BCUT2D eigenvalue weighted by Crippen LogP contribution is 2.50. The minimum Gasteiger partial charge on any atom is -0.455 e. The monoisotopic (exact) mass is 890 g/mol. The number of rotatable bonds is 7. The molecule has 0 unspecified atom stereocenters. The zero-order valence-electron chi connectivity index (χ0n) is 40.1. The number of benzene rings is 10. The van der Waals surface area contributed by atoms with Crippen molar-refractivity contribution in [3.8, 4) is 39.1 Å². The Hall–Kier alpha value is -8.14. The van der Waals surface area contributed by atoms with Gasteiger partial charge in [-0.2, -0.15) is 0 Å². The van der Waals surface area contributed by atoms with Crippen LogP contribution in [-0.2, 0) is 10.8 Å². The van der Waals surface area contributed by atoms with Gasteiger partial charge in [0.05, 0.1) is 22.4 Å². The largest absolute Gasteiger partial charge is 0.455 e. The summed E-state index contributed by atoms with van der Waals surface area (Å²) in [6.07, 6.45) is 0. The molecule has 3 nitrogen and oxygen atoms in total. The maximum absolute atomic E-state index is 6.77. The van der Waals surface area contributed by atoms with Crippen molar-refractivity contribution in [1.29, 1.82) is 0 Å². The van der Waals surface area contributed by atoms with E-state index in [0.717, 1.165) is 66.9 Å². The van der Waals surface area contributed by atoms with Crippen molar-refractivity contribution >= 4 is 71.6 Å². The summed E-state index contributed by atoms with van der Waals surface area (Å²) in [6, 6.07) is 80.1. The second kappa shape index (κ2) is 16.3. The van der Waals surface area contributed by atoms with Crippen LogP contribution in [0.4, 0.5) is 17.1 Å². The molecule has 0 aliphatic heterocycles. The van der Waals surface area contributed by atoms with Crippen molar-refractivity contribution in [3.05, 3.63) is 230 Å². The molecule has 0 spiro atoms. The fourth-order valence-corrected chi connectivity index (χ4v) is 10.6. The Morgan fingerprint density at radius 2 is 0.928 bits per heavy atom. The lowest BCUT2D eigenvalue weighted by Gasteiger charge is -2.30. The van der Waals surface area contributed by atoms with Gasteiger partial charge in [-0.1, -0.05) is 211 Å². The number of hydrogen-bond donors (Lipinski definition) is 0. The highest BCUT2D eigenvalue weighted by molar-refractivity contribution is 6.14. The number of aromatic nitrogens is 1. The van der Waals surface area contributed by atoms with Gasteiger partial charge in [0.2, 0.25) is 0 Å². The maximum atomic E-state index is 6.77. The Morgan fingerprint density at radius 1 is 0.391 bits per heavy atom. The third kappa shape index (κ3) is 7.20. The molecule has 0 saturated carbocycles. The van der Waals surface area contributed by atoms with Crippen LogP contribution in [0.2, 0.25) is 0 Å². The van der Waals surface area contributed by atoms with E-state index in [1.54, 1.807) is 0 Å². The molecule has 0 aliphatic rings. The molecular weight excluding hydrogens is 837 g/mol. The van der Waals surface area contributed by atoms with Crippen molar-refractivity contribution in [1.82, 2.24) is 4.57 Å². The Kier molecular flexibility index (Phi) is 9.97. The summed E-state index contributed by atoms with van der Waals surface area (Å²) < 4.78 is 9.18. The first-order valence-corrected chi connectivity index (χ1v) is 24.2. The minimum absolute atomic E-state index is 0.0239. The quantitative estimate of drug-likeness (QED) is 0.159. The summed E-state index contributed by atoms with van der Waals surface area (Å²) in [6.45, 7) is 13.9. The fourth-order valence-electron chi connectivity index (χ4n) is 10.6. The molecule has 0 atom stereocenters. The SMILES string of the molecule is CC(C)(C)c1cc(-c2cccc3cccc(-c4ccccc4N(c4ccc5c6ccccc6n(-c6ccccc6)c5c4)c4ccccc4-c4cccc5c4oc4ccccc45)c23)cc(C(C)(C)C)c1. The molecule has 10 aromatic carbocycles. The van der Waals surface area contributed by atoms with E-state index in [-0.39, 0.29) is 10.8 Å². The Bertz CT molecular complexity index is 3890. The summed E-state index contributed by atoms with van der Waals surface area (Å²) in [5.74, 6) is 0. The highest BCUT2D eigenvalue weighted by atomic mass is 16.3. The molecule has 334 valence electrons. The van der Waals surface area contributed by atoms with Gasteiger partial charge in [-0.25, -0.2) is 0 Å². The van der Waals surface area contributed by atoms with E-state index in [1.165, 1.54) is 54.9 Å². The molecule has 0 N–H and O–H groups in total. The van der Waals surface area contributed by atoms with Crippen LogP contribution in [0.15, 0.2) is 223 Å². The Balaban J connectivity index is 1.15. The predicted molar refractivity (Wildman–Crippen MR) is 294 cm³/mol. The Labute approximate surface area is 404 Å². The second-order valence-electron chi connectivity index (χ2n) is 20.5. The third-order valence-corrected chi connectivity index (χ3v) is 14.1. The standard InChI is InChI=1S/C66H54N2O/c1-65(2,3)45-39-44(40-46(41-45)66(4,5)6)49-29-18-21-43-22-19-30-55(63(43)49)51-26-11-15-34-59(51)68(48-37-38-53-50-25-10-14-33-58(50)67(61(53)42-48)47-23-8-7-9-24-47)60-35-16-12-27-52(60)56-31-20-32-57-54-28-13-17-36-62(54)69-64(56)57/h7-42H,1-6H3. The number of hydrogen-bond acceptors (Lipinski definition) is 2. The molecule has 69 heavy (non-hydrogen) atoms. The van der Waals surface area contributed by atoms with E-state index < -0.39 is 0 Å². The van der Waals surface area contributed by atoms with E-state index in [2.05, 4.69) is 263 Å². The van der Waals surface area contributed by atoms with Crippen LogP contribution in [0.5, 0.6) is 0 Å². The van der Waals surface area contributed by atoms with Crippen molar-refractivity contribution in [2.24, 2.45) is 0 Å². The van der Waals surface area contributed by atoms with E-state index in [4.69, 9.17) is 4.42 Å². The molecule has 12 rings (SSSR count). The minimum atomic E-state index is -0.0239. The van der Waals surface area contributed by atoms with Gasteiger partial charge >= 0.3 is 0 Å². The van der Waals surface area contributed by atoms with Crippen molar-refractivity contribution < 1.29 is 4.42 Å². The van der Waals surface area contributed by atoms with Gasteiger partial charge in [0.15, 0.2) is 0 Å². The van der Waals surface area contributed by atoms with E-state index >= 15 is 0 Å². The molecule has 0 amide bonds. The molecular formula is C66H54N2O. The lowest BCUT2D eigenvalue weighted by Crippen LogP contribution is -2.16. The van der Waals surface area contributed by atoms with Crippen LogP contribution in [-0.4, -0.2) is 4.57 Å². The van der Waals surface area contributed by atoms with Gasteiger partial charge in [-0.05, 0) is 98.0 Å². The topological polar surface area (TPSA) is 21.3 Å². The normalized spacial score (nSPS) is 12.2. The average molecular weight is 891 g/mol. The lowest BCUT2D eigenvalue weighted by molar-refractivity contribution is 0.569. The molecule has 3 heteroatoms. The third-order valence-electron chi connectivity index (χ3n) is 14.1. The fraction of sp³-hybridized carbons (Fsp3) is 0.121. The van der Waals surface area contributed by atoms with Gasteiger partial charge in [0, 0.05) is 49.6 Å². The molecule has 0 radical (unpaired) electrons. The van der Waals surface area contributed by atoms with E-state index in [1.807, 2.05) is 6.07 Å². The molecule has 0 fully saturated rings. The number of fused-ring (bicyclic) bond motifs is 7. The van der Waals surface area contributed by atoms with Crippen LogP contribution in [0.3, 0.4) is 0 Å². The summed E-state index contributed by atoms with van der Waals surface area (Å²) in [7, 11) is 0. The molecule has 0 bridgehead atoms. The number of anilines is 3. The molecule has 2 heterocycles. The summed E-state index contributed by atoms with van der Waals surface area (Å²) in [5, 5.41) is 7.08. The van der Waals surface area contributed by atoms with Gasteiger partial charge in [0.1, 0.15) is 11.2 Å². The first kappa shape index (κ1) is 42.2. The van der Waals surface area contributed by atoms with Crippen molar-refractivity contribution in [2.45, 2.75) is 52.4 Å². The van der Waals surface area contributed by atoms with Gasteiger partial charge in [0.25, 0.3) is 0 Å². The van der Waals surface area contributed by atoms with Crippen LogP contribution >= 0.6 is 0 Å².